The topological polar surface area (TPSA) is 50.9 Å². The molecule has 112 valence electrons. The van der Waals surface area contributed by atoms with Crippen molar-refractivity contribution in [3.8, 4) is 5.69 Å². The number of rotatable bonds is 5. The van der Waals surface area contributed by atoms with Crippen molar-refractivity contribution >= 4 is 23.4 Å². The lowest BCUT2D eigenvalue weighted by Gasteiger charge is -2.11. The van der Waals surface area contributed by atoms with Gasteiger partial charge < -0.3 is 5.11 Å². The molecule has 0 spiro atoms. The third kappa shape index (κ3) is 3.50. The van der Waals surface area contributed by atoms with Crippen molar-refractivity contribution in [3.05, 3.63) is 71.5 Å². The molecule has 0 radical (unpaired) electrons. The van der Waals surface area contributed by atoms with Crippen LogP contribution in [0.2, 0.25) is 5.02 Å². The Bertz CT molecular complexity index is 748. The average Bonchev–Trinajstić information content (AvgIpc) is 3.02. The maximum atomic E-state index is 10.2. The molecule has 3 aromatic rings. The van der Waals surface area contributed by atoms with Crippen LogP contribution >= 0.6 is 23.4 Å². The minimum Gasteiger partial charge on any atom is -0.388 e. The molecule has 0 saturated carbocycles. The van der Waals surface area contributed by atoms with Crippen LogP contribution in [-0.4, -0.2) is 25.6 Å². The number of hydrogen-bond donors (Lipinski definition) is 1. The highest BCUT2D eigenvalue weighted by Gasteiger charge is 2.12. The van der Waals surface area contributed by atoms with E-state index in [1.54, 1.807) is 6.33 Å². The van der Waals surface area contributed by atoms with Gasteiger partial charge in [0.15, 0.2) is 5.16 Å². The lowest BCUT2D eigenvalue weighted by atomic mass is 10.1. The number of benzene rings is 2. The van der Waals surface area contributed by atoms with Gasteiger partial charge in [-0.25, -0.2) is 0 Å². The molecule has 2 aromatic carbocycles. The van der Waals surface area contributed by atoms with Gasteiger partial charge in [-0.05, 0) is 23.8 Å². The number of aliphatic hydroxyl groups excluding tert-OH is 1. The fraction of sp³-hybridized carbons (Fsp3) is 0.125. The van der Waals surface area contributed by atoms with Gasteiger partial charge in [-0.3, -0.25) is 4.57 Å². The molecule has 1 unspecified atom stereocenters. The number of halogens is 1. The summed E-state index contributed by atoms with van der Waals surface area (Å²) < 4.78 is 1.86. The first-order valence-corrected chi connectivity index (χ1v) is 8.12. The van der Waals surface area contributed by atoms with Crippen molar-refractivity contribution in [2.75, 3.05) is 5.75 Å². The third-order valence-electron chi connectivity index (χ3n) is 3.16. The number of thioether (sulfide) groups is 1. The Morgan fingerprint density at radius 3 is 2.73 bits per heavy atom. The van der Waals surface area contributed by atoms with Crippen molar-refractivity contribution in [2.45, 2.75) is 11.3 Å². The summed E-state index contributed by atoms with van der Waals surface area (Å²) in [5, 5.41) is 19.7. The summed E-state index contributed by atoms with van der Waals surface area (Å²) in [7, 11) is 0. The van der Waals surface area contributed by atoms with Crippen LogP contribution in [0.5, 0.6) is 0 Å². The van der Waals surface area contributed by atoms with E-state index in [0.29, 0.717) is 10.8 Å². The summed E-state index contributed by atoms with van der Waals surface area (Å²) in [6.07, 6.45) is 1.10. The van der Waals surface area contributed by atoms with Crippen LogP contribution in [0.3, 0.4) is 0 Å². The molecule has 0 aliphatic heterocycles. The van der Waals surface area contributed by atoms with E-state index in [-0.39, 0.29) is 0 Å². The van der Waals surface area contributed by atoms with E-state index in [4.69, 9.17) is 11.6 Å². The summed E-state index contributed by atoms with van der Waals surface area (Å²) >= 11 is 7.47. The first-order chi connectivity index (χ1) is 10.7. The van der Waals surface area contributed by atoms with E-state index < -0.39 is 6.10 Å². The minimum absolute atomic E-state index is 0.503. The quantitative estimate of drug-likeness (QED) is 0.723. The Balaban J connectivity index is 1.73. The molecule has 4 nitrogen and oxygen atoms in total. The smallest absolute Gasteiger partial charge is 0.195 e. The summed E-state index contributed by atoms with van der Waals surface area (Å²) in [5.74, 6) is 0.503. The second kappa shape index (κ2) is 6.96. The Hall–Kier alpha value is -1.82. The molecule has 22 heavy (non-hydrogen) atoms. The molecule has 0 aliphatic carbocycles. The predicted molar refractivity (Wildman–Crippen MR) is 88.5 cm³/mol. The molecule has 0 saturated heterocycles. The summed E-state index contributed by atoms with van der Waals surface area (Å²) in [4.78, 5) is 0. The van der Waals surface area contributed by atoms with Crippen molar-refractivity contribution < 1.29 is 5.11 Å². The van der Waals surface area contributed by atoms with Gasteiger partial charge in [-0.2, -0.15) is 0 Å². The normalized spacial score (nSPS) is 12.3. The summed E-state index contributed by atoms with van der Waals surface area (Å²) in [6, 6.07) is 17.1. The number of nitrogens with zero attached hydrogens (tertiary/aromatic N) is 3. The zero-order valence-electron chi connectivity index (χ0n) is 11.6. The summed E-state index contributed by atoms with van der Waals surface area (Å²) in [6.45, 7) is 0. The highest BCUT2D eigenvalue weighted by Crippen LogP contribution is 2.25. The molecule has 6 heteroatoms. The van der Waals surface area contributed by atoms with Crippen molar-refractivity contribution in [3.63, 3.8) is 0 Å². The Morgan fingerprint density at radius 2 is 1.95 bits per heavy atom. The van der Waals surface area contributed by atoms with E-state index in [9.17, 15) is 5.11 Å². The van der Waals surface area contributed by atoms with Crippen LogP contribution in [0.25, 0.3) is 5.69 Å². The van der Waals surface area contributed by atoms with E-state index in [1.165, 1.54) is 11.8 Å². The van der Waals surface area contributed by atoms with Crippen LogP contribution in [0.15, 0.2) is 66.1 Å². The largest absolute Gasteiger partial charge is 0.388 e. The SMILES string of the molecule is OC(CSc1nncn1-c1cccc(Cl)c1)c1ccccc1. The molecule has 1 aromatic heterocycles. The molecule has 1 heterocycles. The van der Waals surface area contributed by atoms with Crippen molar-refractivity contribution in [1.82, 2.24) is 14.8 Å². The Morgan fingerprint density at radius 1 is 1.14 bits per heavy atom. The highest BCUT2D eigenvalue weighted by atomic mass is 35.5. The predicted octanol–water partition coefficient (Wildman–Crippen LogP) is 3.75. The Kier molecular flexibility index (Phi) is 4.77. The third-order valence-corrected chi connectivity index (χ3v) is 4.41. The number of hydrogen-bond acceptors (Lipinski definition) is 4. The van der Waals surface area contributed by atoms with Gasteiger partial charge in [0.2, 0.25) is 0 Å². The van der Waals surface area contributed by atoms with E-state index >= 15 is 0 Å². The zero-order valence-corrected chi connectivity index (χ0v) is 13.2. The van der Waals surface area contributed by atoms with Gasteiger partial charge in [0.25, 0.3) is 0 Å². The molecule has 0 fully saturated rings. The lowest BCUT2D eigenvalue weighted by Crippen LogP contribution is -2.02. The van der Waals surface area contributed by atoms with Crippen LogP contribution in [0.4, 0.5) is 0 Å². The Labute approximate surface area is 137 Å². The molecule has 0 bridgehead atoms. The monoisotopic (exact) mass is 331 g/mol. The van der Waals surface area contributed by atoms with E-state index in [0.717, 1.165) is 16.4 Å². The first kappa shape index (κ1) is 15.1. The van der Waals surface area contributed by atoms with Crippen molar-refractivity contribution in [2.24, 2.45) is 0 Å². The number of aliphatic hydroxyl groups is 1. The molecule has 3 rings (SSSR count). The minimum atomic E-state index is -0.546. The average molecular weight is 332 g/mol. The second-order valence-electron chi connectivity index (χ2n) is 4.70. The zero-order chi connectivity index (χ0) is 15.4. The van der Waals surface area contributed by atoms with Gasteiger partial charge >= 0.3 is 0 Å². The van der Waals surface area contributed by atoms with Gasteiger partial charge in [-0.15, -0.1) is 10.2 Å². The highest BCUT2D eigenvalue weighted by molar-refractivity contribution is 7.99. The van der Waals surface area contributed by atoms with Crippen LogP contribution in [-0.2, 0) is 0 Å². The van der Waals surface area contributed by atoms with Crippen molar-refractivity contribution in [1.29, 1.82) is 0 Å². The van der Waals surface area contributed by atoms with E-state index in [2.05, 4.69) is 10.2 Å². The number of aromatic nitrogens is 3. The van der Waals surface area contributed by atoms with Gasteiger partial charge in [0, 0.05) is 10.8 Å². The van der Waals surface area contributed by atoms with Gasteiger partial charge in [0.05, 0.1) is 11.8 Å². The van der Waals surface area contributed by atoms with Crippen LogP contribution in [0.1, 0.15) is 11.7 Å². The first-order valence-electron chi connectivity index (χ1n) is 6.76. The molecular weight excluding hydrogens is 318 g/mol. The molecule has 0 aliphatic rings. The molecule has 1 atom stereocenters. The fourth-order valence-corrected chi connectivity index (χ4v) is 3.13. The maximum Gasteiger partial charge on any atom is 0.195 e. The fourth-order valence-electron chi connectivity index (χ4n) is 2.05. The molecule has 1 N–H and O–H groups in total. The van der Waals surface area contributed by atoms with Crippen LogP contribution in [0, 0.1) is 0 Å². The van der Waals surface area contributed by atoms with E-state index in [1.807, 2.05) is 59.2 Å². The van der Waals surface area contributed by atoms with Crippen LogP contribution < -0.4 is 0 Å². The molecule has 0 amide bonds. The summed E-state index contributed by atoms with van der Waals surface area (Å²) in [5.41, 5.74) is 1.79. The standard InChI is InChI=1S/C16H14ClN3OS/c17-13-7-4-8-14(9-13)20-11-18-19-16(20)22-10-15(21)12-5-2-1-3-6-12/h1-9,11,15,21H,10H2. The lowest BCUT2D eigenvalue weighted by molar-refractivity contribution is 0.204. The molecular formula is C16H14ClN3OS. The second-order valence-corrected chi connectivity index (χ2v) is 6.12. The maximum absolute atomic E-state index is 10.2. The van der Waals surface area contributed by atoms with Gasteiger partial charge in [0.1, 0.15) is 6.33 Å². The van der Waals surface area contributed by atoms with Gasteiger partial charge in [-0.1, -0.05) is 59.8 Å².